The van der Waals surface area contributed by atoms with Gasteiger partial charge in [0.05, 0.1) is 22.5 Å². The Morgan fingerprint density at radius 1 is 1.26 bits per heavy atom. The molecule has 1 amide bonds. The van der Waals surface area contributed by atoms with Gasteiger partial charge in [-0.05, 0) is 44.0 Å². The fraction of sp³-hybridized carbons (Fsp3) is 0.263. The smallest absolute Gasteiger partial charge is 0.298 e. The molecule has 0 spiro atoms. The van der Waals surface area contributed by atoms with E-state index in [0.717, 1.165) is 15.8 Å². The summed E-state index contributed by atoms with van der Waals surface area (Å²) >= 11 is 1.50. The largest absolute Gasteiger partial charge is 0.351 e. The minimum absolute atomic E-state index is 0.208. The number of carbonyl (C=O) groups excluding carboxylic acids is 1. The fourth-order valence-electron chi connectivity index (χ4n) is 2.99. The minimum Gasteiger partial charge on any atom is -0.351 e. The quantitative estimate of drug-likeness (QED) is 0.526. The molecule has 0 fully saturated rings. The normalized spacial score (nSPS) is 11.2. The highest BCUT2D eigenvalue weighted by molar-refractivity contribution is 7.22. The molecular formula is C19H19N5O2S. The summed E-state index contributed by atoms with van der Waals surface area (Å²) in [6.45, 7) is 6.87. The van der Waals surface area contributed by atoms with Crippen molar-refractivity contribution in [2.75, 3.05) is 11.4 Å². The van der Waals surface area contributed by atoms with Crippen molar-refractivity contribution in [3.63, 3.8) is 0 Å². The van der Waals surface area contributed by atoms with E-state index in [0.29, 0.717) is 23.9 Å². The van der Waals surface area contributed by atoms with Crippen LogP contribution in [-0.2, 0) is 6.54 Å². The van der Waals surface area contributed by atoms with Gasteiger partial charge in [0.2, 0.25) is 5.76 Å². The molecule has 0 saturated carbocycles. The average Bonchev–Trinajstić information content (AvgIpc) is 3.35. The van der Waals surface area contributed by atoms with Crippen LogP contribution in [0.25, 0.3) is 10.2 Å². The molecule has 7 nitrogen and oxygen atoms in total. The maximum Gasteiger partial charge on any atom is 0.298 e. The summed E-state index contributed by atoms with van der Waals surface area (Å²) in [4.78, 5) is 19.5. The Kier molecular flexibility index (Phi) is 4.49. The zero-order valence-corrected chi connectivity index (χ0v) is 16.2. The van der Waals surface area contributed by atoms with Gasteiger partial charge >= 0.3 is 0 Å². The number of fused-ring (bicyclic) bond motifs is 1. The molecule has 27 heavy (non-hydrogen) atoms. The van der Waals surface area contributed by atoms with Gasteiger partial charge in [0.25, 0.3) is 5.91 Å². The number of aromatic nitrogens is 4. The van der Waals surface area contributed by atoms with E-state index in [2.05, 4.69) is 29.3 Å². The van der Waals surface area contributed by atoms with Crippen molar-refractivity contribution in [3.8, 4) is 0 Å². The van der Waals surface area contributed by atoms with Crippen LogP contribution in [-0.4, -0.2) is 32.4 Å². The standard InChI is InChI=1S/C19H19N5O2S/c1-12-9-13(2)17-16(10-12)27-19(21-17)24(8-7-23-6-4-5-20-23)18(25)15-11-14(3)22-26-15/h4-6,9-11H,7-8H2,1-3H3. The molecule has 1 aromatic carbocycles. The Morgan fingerprint density at radius 2 is 2.11 bits per heavy atom. The van der Waals surface area contributed by atoms with Gasteiger partial charge in [-0.25, -0.2) is 4.98 Å². The zero-order chi connectivity index (χ0) is 19.0. The first kappa shape index (κ1) is 17.4. The van der Waals surface area contributed by atoms with E-state index >= 15 is 0 Å². The number of rotatable bonds is 5. The molecule has 0 aliphatic carbocycles. The second kappa shape index (κ2) is 6.96. The highest BCUT2D eigenvalue weighted by Gasteiger charge is 2.25. The van der Waals surface area contributed by atoms with E-state index in [1.165, 1.54) is 16.9 Å². The van der Waals surface area contributed by atoms with Gasteiger partial charge in [-0.1, -0.05) is 22.6 Å². The lowest BCUT2D eigenvalue weighted by molar-refractivity contribution is 0.0950. The monoisotopic (exact) mass is 381 g/mol. The number of aryl methyl sites for hydroxylation is 3. The van der Waals surface area contributed by atoms with Crippen LogP contribution in [0.3, 0.4) is 0 Å². The van der Waals surface area contributed by atoms with E-state index in [1.54, 1.807) is 28.8 Å². The minimum atomic E-state index is -0.254. The fourth-order valence-corrected chi connectivity index (χ4v) is 4.16. The van der Waals surface area contributed by atoms with Gasteiger partial charge in [0.1, 0.15) is 0 Å². The SMILES string of the molecule is Cc1cc(C)c2nc(N(CCn3cccn3)C(=O)c3cc(C)no3)sc2c1. The molecule has 0 N–H and O–H groups in total. The number of nitrogens with zero attached hydrogens (tertiary/aromatic N) is 5. The summed E-state index contributed by atoms with van der Waals surface area (Å²) in [7, 11) is 0. The number of amides is 1. The zero-order valence-electron chi connectivity index (χ0n) is 15.3. The van der Waals surface area contributed by atoms with E-state index in [4.69, 9.17) is 9.51 Å². The number of thiazole rings is 1. The molecule has 0 saturated heterocycles. The predicted molar refractivity (Wildman–Crippen MR) is 104 cm³/mol. The first-order chi connectivity index (χ1) is 13.0. The second-order valence-corrected chi connectivity index (χ2v) is 7.49. The van der Waals surface area contributed by atoms with E-state index in [1.807, 2.05) is 19.2 Å². The van der Waals surface area contributed by atoms with Crippen LogP contribution in [0.2, 0.25) is 0 Å². The summed E-state index contributed by atoms with van der Waals surface area (Å²) in [6, 6.07) is 7.70. The average molecular weight is 381 g/mol. The molecule has 0 radical (unpaired) electrons. The van der Waals surface area contributed by atoms with Crippen molar-refractivity contribution in [3.05, 3.63) is 59.2 Å². The Morgan fingerprint density at radius 3 is 2.81 bits per heavy atom. The van der Waals surface area contributed by atoms with Gasteiger partial charge in [0, 0.05) is 25.0 Å². The third-order valence-corrected chi connectivity index (χ3v) is 5.27. The van der Waals surface area contributed by atoms with Gasteiger partial charge in [0.15, 0.2) is 5.13 Å². The molecular weight excluding hydrogens is 362 g/mol. The van der Waals surface area contributed by atoms with E-state index < -0.39 is 0 Å². The summed E-state index contributed by atoms with van der Waals surface area (Å²) in [6.07, 6.45) is 3.59. The molecule has 3 heterocycles. The number of hydrogen-bond acceptors (Lipinski definition) is 6. The van der Waals surface area contributed by atoms with Crippen molar-refractivity contribution in [1.82, 2.24) is 19.9 Å². The molecule has 0 atom stereocenters. The van der Waals surface area contributed by atoms with Crippen molar-refractivity contribution in [1.29, 1.82) is 0 Å². The Hall–Kier alpha value is -3.00. The Bertz CT molecular complexity index is 1100. The number of anilines is 1. The Balaban J connectivity index is 1.72. The van der Waals surface area contributed by atoms with Gasteiger partial charge in [-0.3, -0.25) is 14.4 Å². The van der Waals surface area contributed by atoms with Crippen LogP contribution in [0, 0.1) is 20.8 Å². The predicted octanol–water partition coefficient (Wildman–Crippen LogP) is 3.75. The summed E-state index contributed by atoms with van der Waals surface area (Å²) in [5.41, 5.74) is 3.87. The lowest BCUT2D eigenvalue weighted by Gasteiger charge is -2.18. The first-order valence-electron chi connectivity index (χ1n) is 8.61. The van der Waals surface area contributed by atoms with E-state index in [9.17, 15) is 4.79 Å². The van der Waals surface area contributed by atoms with Crippen molar-refractivity contribution in [2.24, 2.45) is 0 Å². The van der Waals surface area contributed by atoms with Crippen LogP contribution >= 0.6 is 11.3 Å². The van der Waals surface area contributed by atoms with Crippen LogP contribution in [0.15, 0.2) is 41.2 Å². The molecule has 3 aromatic heterocycles. The molecule has 0 aliphatic rings. The molecule has 0 aliphatic heterocycles. The van der Waals surface area contributed by atoms with Crippen LogP contribution < -0.4 is 4.90 Å². The Labute approximate surface area is 160 Å². The van der Waals surface area contributed by atoms with Crippen LogP contribution in [0.1, 0.15) is 27.4 Å². The molecule has 8 heteroatoms. The highest BCUT2D eigenvalue weighted by atomic mass is 32.1. The topological polar surface area (TPSA) is 77.1 Å². The van der Waals surface area contributed by atoms with Crippen LogP contribution in [0.4, 0.5) is 5.13 Å². The summed E-state index contributed by atoms with van der Waals surface area (Å²) < 4.78 is 8.05. The van der Waals surface area contributed by atoms with Crippen molar-refractivity contribution >= 4 is 32.6 Å². The lowest BCUT2D eigenvalue weighted by atomic mass is 10.1. The third-order valence-electron chi connectivity index (χ3n) is 4.25. The maximum atomic E-state index is 13.1. The van der Waals surface area contributed by atoms with Crippen molar-refractivity contribution in [2.45, 2.75) is 27.3 Å². The number of hydrogen-bond donors (Lipinski definition) is 0. The van der Waals surface area contributed by atoms with Gasteiger partial charge in [-0.15, -0.1) is 0 Å². The molecule has 4 rings (SSSR count). The lowest BCUT2D eigenvalue weighted by Crippen LogP contribution is -2.33. The van der Waals surface area contributed by atoms with E-state index in [-0.39, 0.29) is 11.7 Å². The number of carbonyl (C=O) groups is 1. The molecule has 0 bridgehead atoms. The summed E-state index contributed by atoms with van der Waals surface area (Å²) in [5, 5.41) is 8.69. The highest BCUT2D eigenvalue weighted by Crippen LogP contribution is 2.32. The summed E-state index contributed by atoms with van der Waals surface area (Å²) in [5.74, 6) is -0.0451. The van der Waals surface area contributed by atoms with Gasteiger partial charge < -0.3 is 4.52 Å². The number of benzene rings is 1. The molecule has 4 aromatic rings. The molecule has 138 valence electrons. The van der Waals surface area contributed by atoms with Crippen LogP contribution in [0.5, 0.6) is 0 Å². The van der Waals surface area contributed by atoms with Gasteiger partial charge in [-0.2, -0.15) is 5.10 Å². The maximum absolute atomic E-state index is 13.1. The second-order valence-electron chi connectivity index (χ2n) is 6.48. The first-order valence-corrected chi connectivity index (χ1v) is 9.43. The molecule has 0 unspecified atom stereocenters. The van der Waals surface area contributed by atoms with Crippen molar-refractivity contribution < 1.29 is 9.32 Å². The third kappa shape index (κ3) is 3.48.